The number of hydrogen-bond donors (Lipinski definition) is 4. The third-order valence-electron chi connectivity index (χ3n) is 10.2. The molecule has 280 valence electrons. The lowest BCUT2D eigenvalue weighted by Crippen LogP contribution is -2.55. The molecule has 12 nitrogen and oxygen atoms in total. The van der Waals surface area contributed by atoms with Crippen LogP contribution in [0.3, 0.4) is 0 Å². The van der Waals surface area contributed by atoms with Gasteiger partial charge in [0.05, 0.1) is 36.1 Å². The van der Waals surface area contributed by atoms with Crippen LogP contribution in [0.1, 0.15) is 95.7 Å². The van der Waals surface area contributed by atoms with E-state index in [1.165, 1.54) is 11.3 Å². The first kappa shape index (κ1) is 38.9. The van der Waals surface area contributed by atoms with Crippen molar-refractivity contribution >= 4 is 44.1 Å². The number of aromatic nitrogens is 2. The van der Waals surface area contributed by atoms with Crippen molar-refractivity contribution in [2.75, 3.05) is 27.3 Å². The summed E-state index contributed by atoms with van der Waals surface area (Å²) in [4.78, 5) is 36.8. The Bertz CT molecular complexity index is 1810. The Hall–Kier alpha value is -3.33. The number of nitrogens with zero attached hydrogens (tertiary/aromatic N) is 2. The van der Waals surface area contributed by atoms with Crippen molar-refractivity contribution in [3.63, 3.8) is 0 Å². The molecule has 2 saturated carbocycles. The Morgan fingerprint density at radius 2 is 1.84 bits per heavy atom. The van der Waals surface area contributed by atoms with E-state index in [0.29, 0.717) is 37.1 Å². The number of aryl methyl sites for hydroxylation is 1. The van der Waals surface area contributed by atoms with E-state index >= 15 is 0 Å². The number of rotatable bonds is 20. The van der Waals surface area contributed by atoms with Gasteiger partial charge in [0.2, 0.25) is 15.9 Å². The molecule has 2 fully saturated rings. The summed E-state index contributed by atoms with van der Waals surface area (Å²) in [6.45, 7) is 9.09. The van der Waals surface area contributed by atoms with Gasteiger partial charge in [-0.25, -0.2) is 18.4 Å². The molecule has 0 aliphatic heterocycles. The number of nitrogens with one attached hydrogen (secondary N) is 3. The molecular formula is C37H54N6O6S2. The van der Waals surface area contributed by atoms with Gasteiger partial charge in [0.25, 0.3) is 5.91 Å². The quantitative estimate of drug-likeness (QED) is 0.113. The van der Waals surface area contributed by atoms with Gasteiger partial charge < -0.3 is 25.8 Å². The summed E-state index contributed by atoms with van der Waals surface area (Å²) in [5, 5.41) is 9.23. The number of pyridine rings is 1. The van der Waals surface area contributed by atoms with Crippen LogP contribution in [0.4, 0.5) is 0 Å². The van der Waals surface area contributed by atoms with E-state index in [4.69, 9.17) is 25.2 Å². The average molecular weight is 743 g/mol. The Kier molecular flexibility index (Phi) is 12.6. The predicted octanol–water partition coefficient (Wildman–Crippen LogP) is 5.18. The SMILES string of the molecule is CNCCCCCCC1CC1(NC(=O)C(C)C(N)CCOc1cc(-c2nc(C(C)C)cs2)nc2c(C)c(OC)ccc12)C(=O)NS(=O)(=O)C1CC1. The Morgan fingerprint density at radius 3 is 2.51 bits per heavy atom. The molecule has 5 rings (SSSR count). The Labute approximate surface area is 306 Å². The normalized spacial score (nSPS) is 19.9. The zero-order valence-electron chi connectivity index (χ0n) is 30.7. The van der Waals surface area contributed by atoms with Gasteiger partial charge in [-0.15, -0.1) is 11.3 Å². The van der Waals surface area contributed by atoms with E-state index in [1.807, 2.05) is 37.6 Å². The maximum Gasteiger partial charge on any atom is 0.259 e. The van der Waals surface area contributed by atoms with Crippen molar-refractivity contribution in [3.8, 4) is 22.2 Å². The van der Waals surface area contributed by atoms with Crippen molar-refractivity contribution in [1.29, 1.82) is 0 Å². The second kappa shape index (κ2) is 16.6. The van der Waals surface area contributed by atoms with Crippen LogP contribution < -0.4 is 30.6 Å². The van der Waals surface area contributed by atoms with E-state index < -0.39 is 38.7 Å². The van der Waals surface area contributed by atoms with Crippen LogP contribution >= 0.6 is 11.3 Å². The number of unbranched alkanes of at least 4 members (excludes halogenated alkanes) is 3. The van der Waals surface area contributed by atoms with Gasteiger partial charge in [0.15, 0.2) is 0 Å². The van der Waals surface area contributed by atoms with Gasteiger partial charge in [0.1, 0.15) is 27.7 Å². The minimum absolute atomic E-state index is 0.127. The fraction of sp³-hybridized carbons (Fsp3) is 0.622. The molecule has 0 spiro atoms. The molecule has 2 aliphatic carbocycles. The van der Waals surface area contributed by atoms with Gasteiger partial charge in [-0.05, 0) is 83.0 Å². The van der Waals surface area contributed by atoms with E-state index in [2.05, 4.69) is 29.2 Å². The summed E-state index contributed by atoms with van der Waals surface area (Å²) >= 11 is 1.54. The minimum atomic E-state index is -3.76. The Morgan fingerprint density at radius 1 is 1.10 bits per heavy atom. The number of ether oxygens (including phenoxy) is 2. The largest absolute Gasteiger partial charge is 0.496 e. The topological polar surface area (TPSA) is 175 Å². The molecule has 2 amide bonds. The summed E-state index contributed by atoms with van der Waals surface area (Å²) < 4.78 is 39.5. The van der Waals surface area contributed by atoms with Crippen LogP contribution in [0.15, 0.2) is 23.6 Å². The number of thiazole rings is 1. The molecule has 4 atom stereocenters. The summed E-state index contributed by atoms with van der Waals surface area (Å²) in [5.41, 5.74) is 8.67. The number of nitrogens with two attached hydrogens (primary N) is 1. The van der Waals surface area contributed by atoms with Crippen LogP contribution in [0, 0.1) is 18.8 Å². The van der Waals surface area contributed by atoms with Crippen LogP contribution in [0.2, 0.25) is 0 Å². The average Bonchev–Trinajstić information content (AvgIpc) is 4.02. The molecule has 3 aromatic rings. The van der Waals surface area contributed by atoms with Gasteiger partial charge in [-0.2, -0.15) is 0 Å². The zero-order valence-corrected chi connectivity index (χ0v) is 32.3. The van der Waals surface area contributed by atoms with Gasteiger partial charge in [0, 0.05) is 28.4 Å². The van der Waals surface area contributed by atoms with Crippen molar-refractivity contribution in [1.82, 2.24) is 25.3 Å². The van der Waals surface area contributed by atoms with E-state index in [9.17, 15) is 18.0 Å². The lowest BCUT2D eigenvalue weighted by atomic mass is 9.98. The van der Waals surface area contributed by atoms with Crippen LogP contribution in [0.25, 0.3) is 21.6 Å². The van der Waals surface area contributed by atoms with E-state index in [0.717, 1.165) is 71.6 Å². The number of fused-ring (bicyclic) bond motifs is 1. The molecule has 2 heterocycles. The monoisotopic (exact) mass is 742 g/mol. The van der Waals surface area contributed by atoms with Crippen molar-refractivity contribution in [3.05, 3.63) is 34.8 Å². The number of sulfonamides is 1. The second-order valence-corrected chi connectivity index (χ2v) is 17.3. The van der Waals surface area contributed by atoms with Gasteiger partial charge in [-0.1, -0.05) is 40.0 Å². The number of carbonyl (C=O) groups excluding carboxylic acids is 2. The summed E-state index contributed by atoms with van der Waals surface area (Å²) in [6.07, 6.45) is 6.64. The molecule has 0 radical (unpaired) electrons. The van der Waals surface area contributed by atoms with Gasteiger partial charge >= 0.3 is 0 Å². The lowest BCUT2D eigenvalue weighted by Gasteiger charge is -2.25. The molecule has 0 saturated heterocycles. The number of amides is 2. The van der Waals surface area contributed by atoms with Crippen molar-refractivity contribution < 1.29 is 27.5 Å². The fourth-order valence-electron chi connectivity index (χ4n) is 6.48. The number of hydrogen-bond acceptors (Lipinski definition) is 11. The number of methoxy groups -OCH3 is 1. The van der Waals surface area contributed by atoms with Crippen molar-refractivity contribution in [2.45, 2.75) is 108 Å². The maximum absolute atomic E-state index is 13.6. The second-order valence-electron chi connectivity index (χ2n) is 14.5. The molecule has 2 aromatic heterocycles. The molecule has 5 N–H and O–H groups in total. The number of benzene rings is 1. The first-order valence-electron chi connectivity index (χ1n) is 18.2. The fourth-order valence-corrected chi connectivity index (χ4v) is 8.78. The minimum Gasteiger partial charge on any atom is -0.496 e. The van der Waals surface area contributed by atoms with E-state index in [-0.39, 0.29) is 24.3 Å². The van der Waals surface area contributed by atoms with Gasteiger partial charge in [-0.3, -0.25) is 14.3 Å². The highest BCUT2D eigenvalue weighted by Gasteiger charge is 2.61. The molecule has 2 aliphatic rings. The summed E-state index contributed by atoms with van der Waals surface area (Å²) in [6, 6.07) is 5.13. The first-order valence-corrected chi connectivity index (χ1v) is 20.6. The Balaban J connectivity index is 1.25. The first-order chi connectivity index (χ1) is 24.3. The molecule has 1 aromatic carbocycles. The third-order valence-corrected chi connectivity index (χ3v) is 13.0. The summed E-state index contributed by atoms with van der Waals surface area (Å²) in [5.74, 6) is -0.147. The van der Waals surface area contributed by atoms with E-state index in [1.54, 1.807) is 14.0 Å². The molecule has 0 bridgehead atoms. The standard InChI is InChI=1S/C37H54N6O6S2/c1-22(2)30-21-50-35(41-30)29-19-32(27-14-15-31(48-6)24(4)33(27)40-29)49-18-16-28(38)23(3)34(44)42-37(36(45)43-51(46,47)26-12-13-26)20-25(37)11-9-7-8-10-17-39-5/h14-15,19,21-23,25-26,28,39H,7-13,16-18,20,38H2,1-6H3,(H,42,44)(H,43,45). The van der Waals surface area contributed by atoms with Crippen LogP contribution in [-0.2, 0) is 19.6 Å². The predicted molar refractivity (Wildman–Crippen MR) is 202 cm³/mol. The third kappa shape index (κ3) is 9.19. The maximum atomic E-state index is 13.6. The van der Waals surface area contributed by atoms with Crippen LogP contribution in [0.5, 0.6) is 11.5 Å². The van der Waals surface area contributed by atoms with Crippen LogP contribution in [-0.4, -0.2) is 74.3 Å². The smallest absolute Gasteiger partial charge is 0.259 e. The highest BCUT2D eigenvalue weighted by atomic mass is 32.2. The molecular weight excluding hydrogens is 689 g/mol. The molecule has 14 heteroatoms. The molecule has 4 unspecified atom stereocenters. The molecule has 51 heavy (non-hydrogen) atoms. The zero-order chi connectivity index (χ0) is 36.9. The highest BCUT2D eigenvalue weighted by Crippen LogP contribution is 2.48. The van der Waals surface area contributed by atoms with Crippen molar-refractivity contribution in [2.24, 2.45) is 17.6 Å². The number of carbonyl (C=O) groups is 2. The lowest BCUT2D eigenvalue weighted by molar-refractivity contribution is -0.131. The highest BCUT2D eigenvalue weighted by molar-refractivity contribution is 7.91. The summed E-state index contributed by atoms with van der Waals surface area (Å²) in [7, 11) is -0.200.